The molecule has 0 spiro atoms. The normalized spacial score (nSPS) is 17.5. The van der Waals surface area contributed by atoms with Crippen molar-refractivity contribution >= 4 is 0 Å². The molecule has 0 saturated carbocycles. The van der Waals surface area contributed by atoms with Gasteiger partial charge in [0.1, 0.15) is 5.82 Å². The third-order valence-corrected chi connectivity index (χ3v) is 3.22. The average molecular weight is 193 g/mol. The van der Waals surface area contributed by atoms with Crippen LogP contribution in [0.5, 0.6) is 0 Å². The van der Waals surface area contributed by atoms with Crippen molar-refractivity contribution in [2.75, 3.05) is 6.54 Å². The number of fused-ring (bicyclic) bond motifs is 1. The lowest BCUT2D eigenvalue weighted by Crippen LogP contribution is -2.38. The van der Waals surface area contributed by atoms with Crippen LogP contribution in [0.25, 0.3) is 0 Å². The second-order valence-electron chi connectivity index (χ2n) is 4.41. The first-order chi connectivity index (χ1) is 6.59. The predicted octanol–water partition coefficient (Wildman–Crippen LogP) is 1.72. The first-order valence-electron chi connectivity index (χ1n) is 5.36. The smallest absolute Gasteiger partial charge is 0.123 e. The molecule has 0 bridgehead atoms. The molecule has 0 N–H and O–H groups in total. The van der Waals surface area contributed by atoms with Crippen LogP contribution in [0.1, 0.15) is 31.1 Å². The third-order valence-electron chi connectivity index (χ3n) is 3.22. The van der Waals surface area contributed by atoms with E-state index < -0.39 is 0 Å². The van der Waals surface area contributed by atoms with Crippen LogP contribution in [0.2, 0.25) is 0 Å². The largest absolute Gasteiger partial charge is 0.330 e. The molecule has 1 aromatic heterocycles. The second kappa shape index (κ2) is 3.39. The van der Waals surface area contributed by atoms with Crippen molar-refractivity contribution in [3.05, 3.63) is 17.2 Å². The van der Waals surface area contributed by atoms with Crippen LogP contribution in [0.15, 0.2) is 0 Å². The van der Waals surface area contributed by atoms with Crippen molar-refractivity contribution < 1.29 is 0 Å². The van der Waals surface area contributed by atoms with Gasteiger partial charge in [0.15, 0.2) is 0 Å². The Hall–Kier alpha value is -0.830. The summed E-state index contributed by atoms with van der Waals surface area (Å²) in [5.41, 5.74) is 2.52. The van der Waals surface area contributed by atoms with Gasteiger partial charge in [-0.05, 0) is 27.7 Å². The van der Waals surface area contributed by atoms with Crippen LogP contribution in [0, 0.1) is 13.8 Å². The van der Waals surface area contributed by atoms with E-state index in [1.165, 1.54) is 17.2 Å². The van der Waals surface area contributed by atoms with E-state index >= 15 is 0 Å². The van der Waals surface area contributed by atoms with Crippen molar-refractivity contribution in [3.8, 4) is 0 Å². The molecule has 3 heteroatoms. The number of nitrogens with zero attached hydrogens (tertiary/aromatic N) is 3. The standard InChI is InChI=1S/C11H19N3/c1-8(2)13-5-6-14-10(4)9(3)12-11(14)7-13/h8H,5-7H2,1-4H3. The Labute approximate surface area is 85.7 Å². The fourth-order valence-corrected chi connectivity index (χ4v) is 2.07. The number of aromatic nitrogens is 2. The fraction of sp³-hybridized carbons (Fsp3) is 0.727. The zero-order chi connectivity index (χ0) is 10.3. The lowest BCUT2D eigenvalue weighted by Gasteiger charge is -2.31. The highest BCUT2D eigenvalue weighted by Gasteiger charge is 2.21. The summed E-state index contributed by atoms with van der Waals surface area (Å²) in [5, 5.41) is 0. The van der Waals surface area contributed by atoms with Crippen LogP contribution in [-0.4, -0.2) is 27.0 Å². The van der Waals surface area contributed by atoms with Crippen LogP contribution >= 0.6 is 0 Å². The van der Waals surface area contributed by atoms with Crippen molar-refractivity contribution in [1.29, 1.82) is 0 Å². The fourth-order valence-electron chi connectivity index (χ4n) is 2.07. The molecular formula is C11H19N3. The quantitative estimate of drug-likeness (QED) is 0.677. The van der Waals surface area contributed by atoms with E-state index in [0.29, 0.717) is 6.04 Å². The molecule has 2 heterocycles. The highest BCUT2D eigenvalue weighted by atomic mass is 15.3. The summed E-state index contributed by atoms with van der Waals surface area (Å²) in [4.78, 5) is 7.08. The highest BCUT2D eigenvalue weighted by molar-refractivity contribution is 5.15. The molecule has 78 valence electrons. The molecule has 0 unspecified atom stereocenters. The Balaban J connectivity index is 2.27. The van der Waals surface area contributed by atoms with Crippen LogP contribution in [0.3, 0.4) is 0 Å². The monoisotopic (exact) mass is 193 g/mol. The number of imidazole rings is 1. The van der Waals surface area contributed by atoms with Crippen molar-refractivity contribution in [2.24, 2.45) is 0 Å². The van der Waals surface area contributed by atoms with Crippen LogP contribution in [-0.2, 0) is 13.1 Å². The summed E-state index contributed by atoms with van der Waals surface area (Å²) in [5.74, 6) is 1.24. The van der Waals surface area contributed by atoms with Crippen molar-refractivity contribution in [2.45, 2.75) is 46.8 Å². The molecule has 0 aromatic carbocycles. The van der Waals surface area contributed by atoms with E-state index in [1.54, 1.807) is 0 Å². The first kappa shape index (κ1) is 9.71. The van der Waals surface area contributed by atoms with E-state index in [0.717, 1.165) is 19.6 Å². The maximum absolute atomic E-state index is 4.60. The summed E-state index contributed by atoms with van der Waals surface area (Å²) in [6, 6.07) is 0.626. The van der Waals surface area contributed by atoms with Gasteiger partial charge in [0.2, 0.25) is 0 Å². The average Bonchev–Trinajstić information content (AvgIpc) is 2.42. The minimum atomic E-state index is 0.626. The summed E-state index contributed by atoms with van der Waals surface area (Å²) >= 11 is 0. The zero-order valence-corrected chi connectivity index (χ0v) is 9.54. The minimum Gasteiger partial charge on any atom is -0.330 e. The maximum atomic E-state index is 4.60. The van der Waals surface area contributed by atoms with Crippen LogP contribution in [0.4, 0.5) is 0 Å². The Morgan fingerprint density at radius 2 is 1.93 bits per heavy atom. The minimum absolute atomic E-state index is 0.626. The van der Waals surface area contributed by atoms with Gasteiger partial charge in [0.05, 0.1) is 12.2 Å². The van der Waals surface area contributed by atoms with Gasteiger partial charge in [-0.2, -0.15) is 0 Å². The van der Waals surface area contributed by atoms with E-state index in [-0.39, 0.29) is 0 Å². The summed E-state index contributed by atoms with van der Waals surface area (Å²) in [6.07, 6.45) is 0. The van der Waals surface area contributed by atoms with Crippen LogP contribution < -0.4 is 0 Å². The van der Waals surface area contributed by atoms with Gasteiger partial charge in [-0.25, -0.2) is 4.98 Å². The summed E-state index contributed by atoms with van der Waals surface area (Å²) in [6.45, 7) is 12.0. The van der Waals surface area contributed by atoms with Gasteiger partial charge in [-0.3, -0.25) is 4.90 Å². The van der Waals surface area contributed by atoms with E-state index in [9.17, 15) is 0 Å². The Morgan fingerprint density at radius 3 is 2.57 bits per heavy atom. The molecule has 0 fully saturated rings. The molecule has 2 rings (SSSR count). The van der Waals surface area contributed by atoms with Crippen molar-refractivity contribution in [1.82, 2.24) is 14.5 Å². The Kier molecular flexibility index (Phi) is 2.35. The lowest BCUT2D eigenvalue weighted by molar-refractivity contribution is 0.172. The Morgan fingerprint density at radius 1 is 1.21 bits per heavy atom. The SMILES string of the molecule is Cc1nc2n(c1C)CCN(C(C)C)C2. The molecule has 0 radical (unpaired) electrons. The zero-order valence-electron chi connectivity index (χ0n) is 9.54. The molecular weight excluding hydrogens is 174 g/mol. The molecule has 0 amide bonds. The molecule has 0 saturated heterocycles. The molecule has 0 aliphatic carbocycles. The van der Waals surface area contributed by atoms with E-state index in [1.807, 2.05) is 0 Å². The number of rotatable bonds is 1. The molecule has 3 nitrogen and oxygen atoms in total. The number of aryl methyl sites for hydroxylation is 1. The maximum Gasteiger partial charge on any atom is 0.123 e. The molecule has 1 aliphatic rings. The van der Waals surface area contributed by atoms with Gasteiger partial charge < -0.3 is 4.57 Å². The Bertz CT molecular complexity index is 339. The number of hydrogen-bond acceptors (Lipinski definition) is 2. The van der Waals surface area contributed by atoms with Gasteiger partial charge in [0.25, 0.3) is 0 Å². The number of hydrogen-bond donors (Lipinski definition) is 0. The van der Waals surface area contributed by atoms with Gasteiger partial charge in [-0.15, -0.1) is 0 Å². The molecule has 1 aliphatic heterocycles. The van der Waals surface area contributed by atoms with Gasteiger partial charge in [0, 0.05) is 24.8 Å². The topological polar surface area (TPSA) is 21.1 Å². The van der Waals surface area contributed by atoms with Gasteiger partial charge in [-0.1, -0.05) is 0 Å². The van der Waals surface area contributed by atoms with E-state index in [2.05, 4.69) is 42.1 Å². The predicted molar refractivity (Wildman–Crippen MR) is 57.2 cm³/mol. The second-order valence-corrected chi connectivity index (χ2v) is 4.41. The summed E-state index contributed by atoms with van der Waals surface area (Å²) < 4.78 is 2.36. The highest BCUT2D eigenvalue weighted by Crippen LogP contribution is 2.18. The first-order valence-corrected chi connectivity index (χ1v) is 5.36. The van der Waals surface area contributed by atoms with E-state index in [4.69, 9.17) is 0 Å². The molecule has 1 aromatic rings. The molecule has 14 heavy (non-hydrogen) atoms. The summed E-state index contributed by atoms with van der Waals surface area (Å²) in [7, 11) is 0. The third kappa shape index (κ3) is 1.46. The van der Waals surface area contributed by atoms with Crippen molar-refractivity contribution in [3.63, 3.8) is 0 Å². The molecule has 0 atom stereocenters. The lowest BCUT2D eigenvalue weighted by atomic mass is 10.2. The van der Waals surface area contributed by atoms with Gasteiger partial charge >= 0.3 is 0 Å².